The SMILES string of the molecule is [NH3+]C1CCCCCCCCCC1. The van der Waals surface area contributed by atoms with Crippen molar-refractivity contribution in [1.82, 2.24) is 0 Å². The first-order chi connectivity index (χ1) is 5.89. The average Bonchev–Trinajstić information content (AvgIpc) is 2.11. The van der Waals surface area contributed by atoms with Gasteiger partial charge in [0.05, 0.1) is 6.04 Å². The highest BCUT2D eigenvalue weighted by Crippen LogP contribution is 2.14. The third kappa shape index (κ3) is 4.76. The minimum Gasteiger partial charge on any atom is -0.355 e. The lowest BCUT2D eigenvalue weighted by atomic mass is 10.0. The summed E-state index contributed by atoms with van der Waals surface area (Å²) in [6, 6.07) is 0.753. The molecule has 0 saturated heterocycles. The lowest BCUT2D eigenvalue weighted by Gasteiger charge is -2.06. The Hall–Kier alpha value is -0.0400. The van der Waals surface area contributed by atoms with Crippen molar-refractivity contribution < 1.29 is 5.73 Å². The van der Waals surface area contributed by atoms with Crippen LogP contribution in [-0.4, -0.2) is 6.04 Å². The van der Waals surface area contributed by atoms with Gasteiger partial charge in [0, 0.05) is 0 Å². The highest BCUT2D eigenvalue weighted by atomic mass is 14.6. The zero-order chi connectivity index (χ0) is 8.65. The minimum absolute atomic E-state index is 0.753. The largest absolute Gasteiger partial charge is 0.355 e. The highest BCUT2D eigenvalue weighted by molar-refractivity contribution is 4.57. The van der Waals surface area contributed by atoms with Gasteiger partial charge in [0.1, 0.15) is 0 Å². The van der Waals surface area contributed by atoms with E-state index in [9.17, 15) is 0 Å². The van der Waals surface area contributed by atoms with Crippen LogP contribution in [0, 0.1) is 0 Å². The molecule has 72 valence electrons. The average molecular weight is 170 g/mol. The van der Waals surface area contributed by atoms with E-state index in [4.69, 9.17) is 0 Å². The van der Waals surface area contributed by atoms with Crippen LogP contribution in [0.25, 0.3) is 0 Å². The van der Waals surface area contributed by atoms with Crippen LogP contribution in [0.4, 0.5) is 0 Å². The van der Waals surface area contributed by atoms with Crippen molar-refractivity contribution in [1.29, 1.82) is 0 Å². The summed E-state index contributed by atoms with van der Waals surface area (Å²) >= 11 is 0. The van der Waals surface area contributed by atoms with E-state index >= 15 is 0 Å². The van der Waals surface area contributed by atoms with Crippen LogP contribution in [-0.2, 0) is 0 Å². The fourth-order valence-corrected chi connectivity index (χ4v) is 2.07. The third-order valence-corrected chi connectivity index (χ3v) is 2.97. The molecule has 12 heavy (non-hydrogen) atoms. The van der Waals surface area contributed by atoms with Crippen LogP contribution in [0.1, 0.15) is 64.2 Å². The number of hydrogen-bond donors (Lipinski definition) is 1. The lowest BCUT2D eigenvalue weighted by Crippen LogP contribution is -2.60. The van der Waals surface area contributed by atoms with Gasteiger partial charge in [0.15, 0.2) is 0 Å². The molecule has 1 aliphatic rings. The zero-order valence-corrected chi connectivity index (χ0v) is 8.36. The molecule has 1 nitrogen and oxygen atoms in total. The first kappa shape index (κ1) is 10.0. The predicted molar refractivity (Wildman–Crippen MR) is 52.8 cm³/mol. The van der Waals surface area contributed by atoms with Crippen molar-refractivity contribution in [2.24, 2.45) is 0 Å². The van der Waals surface area contributed by atoms with Crippen molar-refractivity contribution in [3.8, 4) is 0 Å². The molecule has 1 aliphatic carbocycles. The molecule has 0 spiro atoms. The van der Waals surface area contributed by atoms with Crippen molar-refractivity contribution >= 4 is 0 Å². The zero-order valence-electron chi connectivity index (χ0n) is 8.36. The highest BCUT2D eigenvalue weighted by Gasteiger charge is 2.06. The number of quaternary nitrogens is 1. The summed E-state index contributed by atoms with van der Waals surface area (Å²) in [5.41, 5.74) is 4.20. The second-order valence-electron chi connectivity index (χ2n) is 4.27. The molecular formula is C11H24N+. The second kappa shape index (κ2) is 6.47. The van der Waals surface area contributed by atoms with Gasteiger partial charge in [-0.25, -0.2) is 0 Å². The fourth-order valence-electron chi connectivity index (χ4n) is 2.07. The quantitative estimate of drug-likeness (QED) is 0.578. The van der Waals surface area contributed by atoms with Crippen LogP contribution < -0.4 is 5.73 Å². The molecule has 0 aromatic heterocycles. The Morgan fingerprint density at radius 2 is 0.917 bits per heavy atom. The van der Waals surface area contributed by atoms with E-state index < -0.39 is 0 Å². The maximum Gasteiger partial charge on any atom is 0.0843 e. The van der Waals surface area contributed by atoms with Crippen LogP contribution in [0.15, 0.2) is 0 Å². The summed E-state index contributed by atoms with van der Waals surface area (Å²) < 4.78 is 0. The third-order valence-electron chi connectivity index (χ3n) is 2.97. The Labute approximate surface area is 76.7 Å². The molecule has 1 saturated carbocycles. The van der Waals surface area contributed by atoms with Gasteiger partial charge >= 0.3 is 0 Å². The Morgan fingerprint density at radius 3 is 1.33 bits per heavy atom. The van der Waals surface area contributed by atoms with Gasteiger partial charge in [-0.05, 0) is 25.7 Å². The molecule has 0 radical (unpaired) electrons. The molecule has 0 aromatic carbocycles. The summed E-state index contributed by atoms with van der Waals surface area (Å²) in [6.07, 6.45) is 14.4. The number of rotatable bonds is 0. The predicted octanol–water partition coefficient (Wildman–Crippen LogP) is 2.51. The molecule has 3 N–H and O–H groups in total. The summed E-state index contributed by atoms with van der Waals surface area (Å²) in [6.45, 7) is 0. The van der Waals surface area contributed by atoms with E-state index in [2.05, 4.69) is 5.73 Å². The van der Waals surface area contributed by atoms with E-state index in [0.29, 0.717) is 0 Å². The van der Waals surface area contributed by atoms with Gasteiger partial charge in [-0.15, -0.1) is 0 Å². The Balaban J connectivity index is 2.13. The van der Waals surface area contributed by atoms with Gasteiger partial charge in [-0.3, -0.25) is 0 Å². The van der Waals surface area contributed by atoms with E-state index in [1.165, 1.54) is 64.2 Å². The van der Waals surface area contributed by atoms with Crippen molar-refractivity contribution in [3.63, 3.8) is 0 Å². The van der Waals surface area contributed by atoms with Gasteiger partial charge < -0.3 is 5.73 Å². The molecule has 0 bridgehead atoms. The smallest absolute Gasteiger partial charge is 0.0843 e. The normalized spacial score (nSPS) is 24.8. The molecule has 0 aromatic rings. The Kier molecular flexibility index (Phi) is 5.42. The lowest BCUT2D eigenvalue weighted by molar-refractivity contribution is -0.423. The first-order valence-electron chi connectivity index (χ1n) is 5.72. The van der Waals surface area contributed by atoms with Gasteiger partial charge in [-0.2, -0.15) is 0 Å². The van der Waals surface area contributed by atoms with Crippen LogP contribution in [0.5, 0.6) is 0 Å². The molecule has 0 aliphatic heterocycles. The summed E-state index contributed by atoms with van der Waals surface area (Å²) in [7, 11) is 0. The first-order valence-corrected chi connectivity index (χ1v) is 5.72. The van der Waals surface area contributed by atoms with Gasteiger partial charge in [0.2, 0.25) is 0 Å². The molecule has 0 atom stereocenters. The Bertz CT molecular complexity index is 89.2. The van der Waals surface area contributed by atoms with E-state index in [0.717, 1.165) is 6.04 Å². The van der Waals surface area contributed by atoms with Crippen molar-refractivity contribution in [2.45, 2.75) is 70.3 Å². The standard InChI is InChI=1S/C11H23N/c12-11-9-7-5-3-1-2-4-6-8-10-11/h11H,1-10,12H2/p+1. The summed E-state index contributed by atoms with van der Waals surface area (Å²) in [4.78, 5) is 0. The maximum atomic E-state index is 4.20. The van der Waals surface area contributed by atoms with Crippen molar-refractivity contribution in [2.75, 3.05) is 0 Å². The molecule has 1 fully saturated rings. The van der Waals surface area contributed by atoms with Crippen LogP contribution in [0.3, 0.4) is 0 Å². The van der Waals surface area contributed by atoms with Crippen molar-refractivity contribution in [3.05, 3.63) is 0 Å². The fraction of sp³-hybridized carbons (Fsp3) is 1.00. The maximum absolute atomic E-state index is 4.20. The molecule has 0 amide bonds. The molecular weight excluding hydrogens is 146 g/mol. The second-order valence-corrected chi connectivity index (χ2v) is 4.27. The monoisotopic (exact) mass is 170 g/mol. The van der Waals surface area contributed by atoms with Gasteiger partial charge in [0.25, 0.3) is 0 Å². The molecule has 0 unspecified atom stereocenters. The van der Waals surface area contributed by atoms with E-state index in [1.807, 2.05) is 0 Å². The van der Waals surface area contributed by atoms with Crippen LogP contribution in [0.2, 0.25) is 0 Å². The Morgan fingerprint density at radius 1 is 0.583 bits per heavy atom. The molecule has 0 heterocycles. The van der Waals surface area contributed by atoms with E-state index in [-0.39, 0.29) is 0 Å². The summed E-state index contributed by atoms with van der Waals surface area (Å²) in [5.74, 6) is 0. The topological polar surface area (TPSA) is 27.6 Å². The molecule has 1 heteroatoms. The van der Waals surface area contributed by atoms with E-state index in [1.54, 1.807) is 0 Å². The van der Waals surface area contributed by atoms with Gasteiger partial charge in [-0.1, -0.05) is 38.5 Å². The number of hydrogen-bond acceptors (Lipinski definition) is 0. The minimum atomic E-state index is 0.753. The molecule has 1 rings (SSSR count). The van der Waals surface area contributed by atoms with Crippen LogP contribution >= 0.6 is 0 Å². The summed E-state index contributed by atoms with van der Waals surface area (Å²) in [5, 5.41) is 0.